The zero-order chi connectivity index (χ0) is 12.0. The van der Waals surface area contributed by atoms with E-state index in [9.17, 15) is 4.79 Å². The van der Waals surface area contributed by atoms with Gasteiger partial charge in [0.05, 0.1) is 11.9 Å². The summed E-state index contributed by atoms with van der Waals surface area (Å²) >= 11 is 7.55. The van der Waals surface area contributed by atoms with E-state index in [0.717, 1.165) is 16.3 Å². The van der Waals surface area contributed by atoms with Crippen molar-refractivity contribution < 1.29 is 9.53 Å². The molecule has 16 heavy (non-hydrogen) atoms. The van der Waals surface area contributed by atoms with Crippen molar-refractivity contribution in [3.8, 4) is 0 Å². The number of benzene rings is 1. The lowest BCUT2D eigenvalue weighted by Gasteiger charge is -2.10. The maximum absolute atomic E-state index is 11.4. The van der Waals surface area contributed by atoms with Crippen molar-refractivity contribution in [2.24, 2.45) is 0 Å². The normalized spacial score (nSPS) is 12.2. The summed E-state index contributed by atoms with van der Waals surface area (Å²) in [5, 5.41) is 0.585. The molecule has 2 nitrogen and oxygen atoms in total. The summed E-state index contributed by atoms with van der Waals surface area (Å²) in [5.41, 5.74) is 1.05. The second-order valence-corrected chi connectivity index (χ2v) is 5.03. The van der Waals surface area contributed by atoms with E-state index < -0.39 is 0 Å². The molecule has 0 fully saturated rings. The quantitative estimate of drug-likeness (QED) is 0.756. The lowest BCUT2D eigenvalue weighted by atomic mass is 10.2. The van der Waals surface area contributed by atoms with Crippen LogP contribution in [0, 0.1) is 0 Å². The first-order valence-corrected chi connectivity index (χ1v) is 6.59. The van der Waals surface area contributed by atoms with Crippen LogP contribution in [0.15, 0.2) is 24.3 Å². The minimum absolute atomic E-state index is 0.156. The summed E-state index contributed by atoms with van der Waals surface area (Å²) in [6.07, 6.45) is 0. The fourth-order valence-corrected chi connectivity index (χ4v) is 2.33. The molecule has 0 aliphatic rings. The second-order valence-electron chi connectivity index (χ2n) is 3.30. The monoisotopic (exact) mass is 258 g/mol. The van der Waals surface area contributed by atoms with E-state index in [4.69, 9.17) is 16.3 Å². The van der Waals surface area contributed by atoms with E-state index in [1.807, 2.05) is 38.1 Å². The van der Waals surface area contributed by atoms with Crippen LogP contribution in [0.4, 0.5) is 0 Å². The van der Waals surface area contributed by atoms with Gasteiger partial charge in [-0.15, -0.1) is 11.8 Å². The van der Waals surface area contributed by atoms with Crippen LogP contribution in [-0.4, -0.2) is 17.8 Å². The van der Waals surface area contributed by atoms with E-state index in [0.29, 0.717) is 6.61 Å². The predicted molar refractivity (Wildman–Crippen MR) is 68.8 cm³/mol. The predicted octanol–water partition coefficient (Wildman–Crippen LogP) is 3.52. The molecule has 0 saturated heterocycles. The van der Waals surface area contributed by atoms with Gasteiger partial charge >= 0.3 is 5.97 Å². The smallest absolute Gasteiger partial charge is 0.318 e. The Hall–Kier alpha value is -0.670. The molecule has 0 N–H and O–H groups in total. The summed E-state index contributed by atoms with van der Waals surface area (Å²) in [4.78, 5) is 11.4. The van der Waals surface area contributed by atoms with E-state index in [1.165, 1.54) is 11.8 Å². The van der Waals surface area contributed by atoms with Crippen LogP contribution in [0.1, 0.15) is 19.4 Å². The number of thioether (sulfide) groups is 1. The van der Waals surface area contributed by atoms with Gasteiger partial charge in [0.2, 0.25) is 0 Å². The number of hydrogen-bond donors (Lipinski definition) is 0. The van der Waals surface area contributed by atoms with Crippen LogP contribution in [0.25, 0.3) is 0 Å². The second kappa shape index (κ2) is 6.81. The topological polar surface area (TPSA) is 26.3 Å². The van der Waals surface area contributed by atoms with Gasteiger partial charge < -0.3 is 4.74 Å². The molecule has 0 aromatic heterocycles. The number of rotatable bonds is 5. The van der Waals surface area contributed by atoms with Crippen LogP contribution in [0.3, 0.4) is 0 Å². The molecular formula is C12H15ClO2S. The fourth-order valence-electron chi connectivity index (χ4n) is 1.16. The zero-order valence-corrected chi connectivity index (χ0v) is 11.0. The molecule has 1 unspecified atom stereocenters. The molecule has 0 amide bonds. The SMILES string of the molecule is CCOC(=O)C(C)SCc1ccccc1Cl. The van der Waals surface area contributed by atoms with Crippen molar-refractivity contribution in [3.05, 3.63) is 34.9 Å². The first-order valence-electron chi connectivity index (χ1n) is 5.16. The van der Waals surface area contributed by atoms with Crippen molar-refractivity contribution in [3.63, 3.8) is 0 Å². The van der Waals surface area contributed by atoms with Gasteiger partial charge in [0.1, 0.15) is 0 Å². The highest BCUT2D eigenvalue weighted by Crippen LogP contribution is 2.23. The number of carbonyl (C=O) groups excluding carboxylic acids is 1. The molecular weight excluding hydrogens is 244 g/mol. The number of halogens is 1. The maximum atomic E-state index is 11.4. The van der Waals surface area contributed by atoms with Crippen LogP contribution < -0.4 is 0 Å². The Morgan fingerprint density at radius 3 is 2.81 bits per heavy atom. The fraction of sp³-hybridized carbons (Fsp3) is 0.417. The molecule has 0 saturated carbocycles. The lowest BCUT2D eigenvalue weighted by Crippen LogP contribution is -2.16. The Labute approximate surface area is 105 Å². The van der Waals surface area contributed by atoms with Gasteiger partial charge in [-0.3, -0.25) is 4.79 Å². The first kappa shape index (κ1) is 13.4. The molecule has 0 radical (unpaired) electrons. The third kappa shape index (κ3) is 4.06. The Bertz CT molecular complexity index is 355. The van der Waals surface area contributed by atoms with Crippen LogP contribution in [0.2, 0.25) is 5.02 Å². The molecule has 4 heteroatoms. The van der Waals surface area contributed by atoms with Crippen molar-refractivity contribution in [1.29, 1.82) is 0 Å². The van der Waals surface area contributed by atoms with Crippen LogP contribution in [-0.2, 0) is 15.3 Å². The van der Waals surface area contributed by atoms with Gasteiger partial charge in [-0.05, 0) is 25.5 Å². The van der Waals surface area contributed by atoms with E-state index in [1.54, 1.807) is 0 Å². The molecule has 1 aromatic rings. The van der Waals surface area contributed by atoms with E-state index in [-0.39, 0.29) is 11.2 Å². The molecule has 1 atom stereocenters. The van der Waals surface area contributed by atoms with Gasteiger partial charge in [-0.25, -0.2) is 0 Å². The van der Waals surface area contributed by atoms with Gasteiger partial charge in [0.25, 0.3) is 0 Å². The Morgan fingerprint density at radius 1 is 1.50 bits per heavy atom. The minimum atomic E-state index is -0.167. The summed E-state index contributed by atoms with van der Waals surface area (Å²) in [5.74, 6) is 0.555. The summed E-state index contributed by atoms with van der Waals surface area (Å²) in [6, 6.07) is 7.65. The Balaban J connectivity index is 2.46. The van der Waals surface area contributed by atoms with E-state index >= 15 is 0 Å². The van der Waals surface area contributed by atoms with Crippen molar-refractivity contribution in [2.75, 3.05) is 6.61 Å². The maximum Gasteiger partial charge on any atom is 0.318 e. The van der Waals surface area contributed by atoms with Crippen molar-refractivity contribution in [2.45, 2.75) is 24.9 Å². The molecule has 1 aromatic carbocycles. The molecule has 0 heterocycles. The molecule has 0 bridgehead atoms. The minimum Gasteiger partial charge on any atom is -0.465 e. The highest BCUT2D eigenvalue weighted by atomic mass is 35.5. The van der Waals surface area contributed by atoms with Gasteiger partial charge in [-0.1, -0.05) is 29.8 Å². The third-order valence-electron chi connectivity index (χ3n) is 2.07. The summed E-state index contributed by atoms with van der Waals surface area (Å²) in [7, 11) is 0. The van der Waals surface area contributed by atoms with Gasteiger partial charge in [-0.2, -0.15) is 0 Å². The zero-order valence-electron chi connectivity index (χ0n) is 9.40. The highest BCUT2D eigenvalue weighted by molar-refractivity contribution is 7.99. The lowest BCUT2D eigenvalue weighted by molar-refractivity contribution is -0.142. The molecule has 0 spiro atoms. The molecule has 0 aliphatic carbocycles. The molecule has 1 rings (SSSR count). The average Bonchev–Trinajstić information content (AvgIpc) is 2.28. The molecule has 0 aliphatic heterocycles. The Morgan fingerprint density at radius 2 is 2.19 bits per heavy atom. The van der Waals surface area contributed by atoms with Crippen molar-refractivity contribution in [1.82, 2.24) is 0 Å². The standard InChI is InChI=1S/C12H15ClO2S/c1-3-15-12(14)9(2)16-8-10-6-4-5-7-11(10)13/h4-7,9H,3,8H2,1-2H3. The average molecular weight is 259 g/mol. The molecule has 88 valence electrons. The highest BCUT2D eigenvalue weighted by Gasteiger charge is 2.14. The number of hydrogen-bond acceptors (Lipinski definition) is 3. The summed E-state index contributed by atoms with van der Waals surface area (Å²) in [6.45, 7) is 4.08. The van der Waals surface area contributed by atoms with E-state index in [2.05, 4.69) is 0 Å². The Kier molecular flexibility index (Phi) is 5.71. The number of esters is 1. The third-order valence-corrected chi connectivity index (χ3v) is 3.60. The van der Waals surface area contributed by atoms with Crippen LogP contribution in [0.5, 0.6) is 0 Å². The summed E-state index contributed by atoms with van der Waals surface area (Å²) < 4.78 is 4.93. The number of ether oxygens (including phenoxy) is 1. The van der Waals surface area contributed by atoms with Gasteiger partial charge in [0.15, 0.2) is 0 Å². The van der Waals surface area contributed by atoms with Gasteiger partial charge in [0, 0.05) is 10.8 Å². The number of carbonyl (C=O) groups is 1. The largest absolute Gasteiger partial charge is 0.465 e. The van der Waals surface area contributed by atoms with Crippen molar-refractivity contribution >= 4 is 29.3 Å². The first-order chi connectivity index (χ1) is 7.65. The van der Waals surface area contributed by atoms with Crippen LogP contribution >= 0.6 is 23.4 Å².